The molecule has 0 bridgehead atoms. The second kappa shape index (κ2) is 7.09. The number of piperazine rings is 1. The van der Waals surface area contributed by atoms with Crippen molar-refractivity contribution < 1.29 is 0 Å². The monoisotopic (exact) mass is 380 g/mol. The van der Waals surface area contributed by atoms with Gasteiger partial charge in [-0.15, -0.1) is 0 Å². The smallest absolute Gasteiger partial charge is 0.225 e. The maximum atomic E-state index is 4.69. The normalized spacial score (nSPS) is 21.9. The molecule has 0 N–H and O–H groups in total. The highest BCUT2D eigenvalue weighted by Gasteiger charge is 2.23. The molecule has 138 valence electrons. The van der Waals surface area contributed by atoms with Crippen molar-refractivity contribution in [2.45, 2.75) is 11.8 Å². The molecule has 9 heteroatoms. The predicted octanol–water partition coefficient (Wildman–Crippen LogP) is 1.55. The summed E-state index contributed by atoms with van der Waals surface area (Å²) in [6.07, 6.45) is 17.6. The molecule has 3 aliphatic rings. The lowest BCUT2D eigenvalue weighted by atomic mass is 10.3. The Hall–Kier alpha value is -2.78. The molecule has 0 aliphatic carbocycles. The number of fused-ring (bicyclic) bond motifs is 1. The van der Waals surface area contributed by atoms with Crippen LogP contribution in [-0.4, -0.2) is 66.8 Å². The molecule has 1 saturated heterocycles. The van der Waals surface area contributed by atoms with Crippen LogP contribution in [0.15, 0.2) is 64.8 Å². The van der Waals surface area contributed by atoms with Gasteiger partial charge in [0.2, 0.25) is 5.95 Å². The summed E-state index contributed by atoms with van der Waals surface area (Å²) in [7, 11) is -0.360. The van der Waals surface area contributed by atoms with Crippen LogP contribution in [0.25, 0.3) is 0 Å². The van der Waals surface area contributed by atoms with Crippen LogP contribution in [0, 0.1) is 0 Å². The fourth-order valence-electron chi connectivity index (χ4n) is 3.34. The Morgan fingerprint density at radius 1 is 0.963 bits per heavy atom. The Labute approximate surface area is 160 Å². The maximum absolute atomic E-state index is 4.69. The van der Waals surface area contributed by atoms with Crippen LogP contribution in [0.1, 0.15) is 0 Å². The number of hydrogen-bond acceptors (Lipinski definition) is 7. The van der Waals surface area contributed by atoms with E-state index in [1.54, 1.807) is 12.4 Å². The average molecular weight is 380 g/mol. The molecule has 2 aromatic heterocycles. The van der Waals surface area contributed by atoms with Crippen molar-refractivity contribution in [3.8, 4) is 0 Å². The van der Waals surface area contributed by atoms with Gasteiger partial charge in [-0.1, -0.05) is 6.08 Å². The zero-order chi connectivity index (χ0) is 18.1. The Bertz CT molecular complexity index is 937. The van der Waals surface area contributed by atoms with E-state index in [4.69, 9.17) is 4.40 Å². The van der Waals surface area contributed by atoms with Gasteiger partial charge in [-0.05, 0) is 18.2 Å². The van der Waals surface area contributed by atoms with Crippen LogP contribution >= 0.6 is 10.7 Å². The van der Waals surface area contributed by atoms with E-state index in [9.17, 15) is 0 Å². The van der Waals surface area contributed by atoms with Gasteiger partial charge < -0.3 is 14.4 Å². The number of imidazole rings is 1. The minimum Gasteiger partial charge on any atom is -0.338 e. The summed E-state index contributed by atoms with van der Waals surface area (Å²) in [6.45, 7) is 4.62. The molecule has 1 atom stereocenters. The fraction of sp³-hybridized carbons (Fsp3) is 0.278. The molecule has 5 rings (SSSR count). The number of anilines is 1. The molecule has 0 saturated carbocycles. The first-order valence-corrected chi connectivity index (χ1v) is 10.1. The standard InChI is InChI=1S/C18H20N8S/c1-2-8-25-14-22-27(16(25)4-1)18-21-7-9-26(18)15-23-10-12-24(13-11-23)17-19-5-3-6-20-17/h1-9,14H,10-13,15H2. The first-order chi connectivity index (χ1) is 13.4. The van der Waals surface area contributed by atoms with Gasteiger partial charge in [-0.2, -0.15) is 0 Å². The highest BCUT2D eigenvalue weighted by atomic mass is 32.2. The average Bonchev–Trinajstić information content (AvgIpc) is 3.36. The van der Waals surface area contributed by atoms with E-state index in [1.807, 2.05) is 30.9 Å². The third-order valence-corrected chi connectivity index (χ3v) is 6.47. The van der Waals surface area contributed by atoms with Gasteiger partial charge in [0.15, 0.2) is 5.16 Å². The number of rotatable bonds is 4. The van der Waals surface area contributed by atoms with E-state index < -0.39 is 0 Å². The summed E-state index contributed by atoms with van der Waals surface area (Å²) >= 11 is 0. The number of hydrogen-bond donors (Lipinski definition) is 0. The van der Waals surface area contributed by atoms with E-state index in [-0.39, 0.29) is 10.7 Å². The summed E-state index contributed by atoms with van der Waals surface area (Å²) in [5.41, 5.74) is 0. The summed E-state index contributed by atoms with van der Waals surface area (Å²) in [6, 6.07) is 1.85. The third kappa shape index (κ3) is 3.19. The van der Waals surface area contributed by atoms with Crippen molar-refractivity contribution >= 4 is 27.9 Å². The van der Waals surface area contributed by atoms with Gasteiger partial charge in [-0.3, -0.25) is 4.90 Å². The topological polar surface area (TPSA) is 65.7 Å². The molecular weight excluding hydrogens is 360 g/mol. The highest BCUT2D eigenvalue weighted by molar-refractivity contribution is 8.15. The van der Waals surface area contributed by atoms with Crippen LogP contribution in [-0.2, 0) is 6.67 Å². The minimum atomic E-state index is -0.360. The Kier molecular flexibility index (Phi) is 4.30. The lowest BCUT2D eigenvalue weighted by molar-refractivity contribution is 0.198. The zero-order valence-corrected chi connectivity index (χ0v) is 15.6. The molecule has 3 aliphatic heterocycles. The molecule has 0 radical (unpaired) electrons. The summed E-state index contributed by atoms with van der Waals surface area (Å²) in [5.74, 6) is 0.816. The molecule has 2 aromatic rings. The predicted molar refractivity (Wildman–Crippen MR) is 108 cm³/mol. The van der Waals surface area contributed by atoms with E-state index in [1.165, 1.54) is 4.99 Å². The maximum Gasteiger partial charge on any atom is 0.225 e. The third-order valence-electron chi connectivity index (χ3n) is 4.74. The van der Waals surface area contributed by atoms with Crippen LogP contribution in [0.5, 0.6) is 0 Å². The van der Waals surface area contributed by atoms with Crippen LogP contribution < -0.4 is 4.90 Å². The molecule has 0 spiro atoms. The van der Waals surface area contributed by atoms with E-state index in [0.29, 0.717) is 0 Å². The second-order valence-corrected chi connectivity index (χ2v) is 7.99. The summed E-state index contributed by atoms with van der Waals surface area (Å²) < 4.78 is 6.91. The van der Waals surface area contributed by atoms with Gasteiger partial charge in [0.25, 0.3) is 0 Å². The van der Waals surface area contributed by atoms with Crippen molar-refractivity contribution in [3.63, 3.8) is 0 Å². The molecule has 0 amide bonds. The Morgan fingerprint density at radius 3 is 2.67 bits per heavy atom. The molecular formula is C18H20N8S. The van der Waals surface area contributed by atoms with Gasteiger partial charge in [-0.25, -0.2) is 19.3 Å². The van der Waals surface area contributed by atoms with Gasteiger partial charge in [0.1, 0.15) is 6.34 Å². The van der Waals surface area contributed by atoms with Crippen LogP contribution in [0.3, 0.4) is 0 Å². The van der Waals surface area contributed by atoms with Crippen molar-refractivity contribution in [1.29, 1.82) is 0 Å². The van der Waals surface area contributed by atoms with Crippen molar-refractivity contribution in [2.75, 3.05) is 31.1 Å². The van der Waals surface area contributed by atoms with Crippen molar-refractivity contribution in [2.24, 2.45) is 4.40 Å². The number of nitrogens with zero attached hydrogens (tertiary/aromatic N) is 8. The Balaban J connectivity index is 1.29. The van der Waals surface area contributed by atoms with E-state index in [2.05, 4.69) is 52.6 Å². The highest BCUT2D eigenvalue weighted by Crippen LogP contribution is 2.33. The molecule has 5 heterocycles. The Morgan fingerprint density at radius 2 is 1.81 bits per heavy atom. The molecule has 27 heavy (non-hydrogen) atoms. The largest absolute Gasteiger partial charge is 0.338 e. The second-order valence-electron chi connectivity index (χ2n) is 6.43. The lowest BCUT2D eigenvalue weighted by Crippen LogP contribution is -2.47. The first kappa shape index (κ1) is 16.4. The van der Waals surface area contributed by atoms with E-state index in [0.717, 1.165) is 44.0 Å². The van der Waals surface area contributed by atoms with E-state index >= 15 is 0 Å². The summed E-state index contributed by atoms with van der Waals surface area (Å²) in [5, 5.41) is 1.01. The SMILES string of the molecule is C1=CC2=S(c3nccn3CN3CCN(c4ncccn4)CC3)N=CN2C=C1. The zero-order valence-electron chi connectivity index (χ0n) is 14.8. The van der Waals surface area contributed by atoms with Crippen LogP contribution in [0.2, 0.25) is 0 Å². The molecule has 0 aromatic carbocycles. The molecule has 1 fully saturated rings. The molecule has 8 nitrogen and oxygen atoms in total. The first-order valence-electron chi connectivity index (χ1n) is 8.93. The lowest BCUT2D eigenvalue weighted by Gasteiger charge is -2.34. The minimum absolute atomic E-state index is 0.360. The molecule has 1 unspecified atom stereocenters. The summed E-state index contributed by atoms with van der Waals surface area (Å²) in [4.78, 5) is 21.2. The van der Waals surface area contributed by atoms with Gasteiger partial charge in [0, 0.05) is 67.8 Å². The fourth-order valence-corrected chi connectivity index (χ4v) is 4.94. The number of aromatic nitrogens is 4. The van der Waals surface area contributed by atoms with Crippen LogP contribution in [0.4, 0.5) is 5.95 Å². The quantitative estimate of drug-likeness (QED) is 0.750. The van der Waals surface area contributed by atoms with Crippen molar-refractivity contribution in [1.82, 2.24) is 29.3 Å². The van der Waals surface area contributed by atoms with Crippen molar-refractivity contribution in [3.05, 3.63) is 55.3 Å². The number of allylic oxidation sites excluding steroid dienone is 2. The van der Waals surface area contributed by atoms with Gasteiger partial charge >= 0.3 is 0 Å². The van der Waals surface area contributed by atoms with Gasteiger partial charge in [0.05, 0.1) is 11.7 Å².